The highest BCUT2D eigenvalue weighted by Gasteiger charge is 2.18. The third-order valence-electron chi connectivity index (χ3n) is 8.62. The maximum atomic E-state index is 2.41. The highest BCUT2D eigenvalue weighted by atomic mass is 32.1. The van der Waals surface area contributed by atoms with Crippen LogP contribution in [0.3, 0.4) is 0 Å². The number of fused-ring (bicyclic) bond motifs is 10. The Labute approximate surface area is 247 Å². The highest BCUT2D eigenvalue weighted by Crippen LogP contribution is 2.44. The SMILES string of the molecule is c1ccc(N(c2ccc3c(ccc4c5ccccc5sc34)c2)c2cccc3c2ccc2c4ccccc4ccc32)cc1. The minimum absolute atomic E-state index is 1.14. The molecule has 0 saturated carbocycles. The number of thiophene rings is 1. The average molecular weight is 552 g/mol. The molecule has 0 spiro atoms. The molecule has 2 heteroatoms. The molecule has 1 aromatic heterocycles. The molecule has 42 heavy (non-hydrogen) atoms. The van der Waals surface area contributed by atoms with Crippen LogP contribution in [0.25, 0.3) is 63.3 Å². The lowest BCUT2D eigenvalue weighted by Gasteiger charge is -2.27. The first-order valence-electron chi connectivity index (χ1n) is 14.4. The summed E-state index contributed by atoms with van der Waals surface area (Å²) in [6, 6.07) is 55.5. The summed E-state index contributed by atoms with van der Waals surface area (Å²) in [5.74, 6) is 0. The number of para-hydroxylation sites is 1. The summed E-state index contributed by atoms with van der Waals surface area (Å²) in [4.78, 5) is 2.41. The second kappa shape index (κ2) is 9.17. The van der Waals surface area contributed by atoms with E-state index in [1.165, 1.54) is 68.9 Å². The van der Waals surface area contributed by atoms with Crippen LogP contribution >= 0.6 is 11.3 Å². The van der Waals surface area contributed by atoms with Gasteiger partial charge in [-0.25, -0.2) is 0 Å². The van der Waals surface area contributed by atoms with E-state index in [2.05, 4.69) is 157 Å². The lowest BCUT2D eigenvalue weighted by atomic mass is 9.96. The topological polar surface area (TPSA) is 3.24 Å². The zero-order valence-corrected chi connectivity index (χ0v) is 23.6. The van der Waals surface area contributed by atoms with Gasteiger partial charge in [0, 0.05) is 36.9 Å². The quantitative estimate of drug-likeness (QED) is 0.197. The van der Waals surface area contributed by atoms with Crippen molar-refractivity contribution in [2.24, 2.45) is 0 Å². The van der Waals surface area contributed by atoms with Gasteiger partial charge in [0.15, 0.2) is 0 Å². The Hall–Kier alpha value is -5.18. The maximum Gasteiger partial charge on any atom is 0.0540 e. The molecule has 0 N–H and O–H groups in total. The van der Waals surface area contributed by atoms with E-state index in [-0.39, 0.29) is 0 Å². The van der Waals surface area contributed by atoms with Crippen LogP contribution in [0.4, 0.5) is 17.1 Å². The normalized spacial score (nSPS) is 11.8. The third kappa shape index (κ3) is 3.49. The van der Waals surface area contributed by atoms with Gasteiger partial charge in [0.1, 0.15) is 0 Å². The van der Waals surface area contributed by atoms with Crippen LogP contribution in [0, 0.1) is 0 Å². The zero-order chi connectivity index (χ0) is 27.6. The number of anilines is 3. The minimum Gasteiger partial charge on any atom is -0.310 e. The molecule has 0 aliphatic heterocycles. The number of hydrogen-bond acceptors (Lipinski definition) is 2. The lowest BCUT2D eigenvalue weighted by Crippen LogP contribution is -2.10. The second-order valence-electron chi connectivity index (χ2n) is 10.9. The third-order valence-corrected chi connectivity index (χ3v) is 9.84. The Balaban J connectivity index is 1.29. The number of rotatable bonds is 3. The van der Waals surface area contributed by atoms with Gasteiger partial charge in [-0.05, 0) is 74.1 Å². The molecule has 0 unspecified atom stereocenters. The first-order valence-corrected chi connectivity index (χ1v) is 15.2. The van der Waals surface area contributed by atoms with E-state index in [0.29, 0.717) is 0 Å². The predicted octanol–water partition coefficient (Wildman–Crippen LogP) is 12.1. The van der Waals surface area contributed by atoms with Crippen molar-refractivity contribution in [1.82, 2.24) is 0 Å². The molecule has 0 atom stereocenters. The number of hydrogen-bond donors (Lipinski definition) is 0. The van der Waals surface area contributed by atoms with Gasteiger partial charge in [0.2, 0.25) is 0 Å². The van der Waals surface area contributed by atoms with Gasteiger partial charge in [-0.1, -0.05) is 115 Å². The monoisotopic (exact) mass is 551 g/mol. The minimum atomic E-state index is 1.14. The van der Waals surface area contributed by atoms with Crippen LogP contribution in [0.15, 0.2) is 152 Å². The summed E-state index contributed by atoms with van der Waals surface area (Å²) in [7, 11) is 0. The maximum absolute atomic E-state index is 2.41. The fourth-order valence-corrected chi connectivity index (χ4v) is 7.92. The molecule has 1 nitrogen and oxygen atoms in total. The van der Waals surface area contributed by atoms with Crippen LogP contribution in [-0.2, 0) is 0 Å². The zero-order valence-electron chi connectivity index (χ0n) is 22.8. The highest BCUT2D eigenvalue weighted by molar-refractivity contribution is 7.26. The average Bonchev–Trinajstić information content (AvgIpc) is 3.44. The largest absolute Gasteiger partial charge is 0.310 e. The fourth-order valence-electron chi connectivity index (χ4n) is 6.68. The van der Waals surface area contributed by atoms with Crippen molar-refractivity contribution in [2.75, 3.05) is 4.90 Å². The van der Waals surface area contributed by atoms with Crippen LogP contribution in [-0.4, -0.2) is 0 Å². The summed E-state index contributed by atoms with van der Waals surface area (Å²) in [5.41, 5.74) is 3.47. The molecule has 0 aliphatic rings. The summed E-state index contributed by atoms with van der Waals surface area (Å²) in [6.07, 6.45) is 0. The van der Waals surface area contributed by atoms with Gasteiger partial charge in [-0.2, -0.15) is 0 Å². The van der Waals surface area contributed by atoms with E-state index in [1.807, 2.05) is 11.3 Å². The first kappa shape index (κ1) is 23.5. The van der Waals surface area contributed by atoms with E-state index in [0.717, 1.165) is 11.4 Å². The molecular weight excluding hydrogens is 527 g/mol. The van der Waals surface area contributed by atoms with Crippen molar-refractivity contribution in [3.05, 3.63) is 152 Å². The van der Waals surface area contributed by atoms with Gasteiger partial charge in [-0.3, -0.25) is 0 Å². The summed E-state index contributed by atoms with van der Waals surface area (Å²) in [6.45, 7) is 0. The molecule has 8 aromatic carbocycles. The molecule has 0 saturated heterocycles. The molecule has 0 bridgehead atoms. The van der Waals surface area contributed by atoms with Gasteiger partial charge in [0.25, 0.3) is 0 Å². The molecular formula is C40H25NS. The van der Waals surface area contributed by atoms with Gasteiger partial charge in [0.05, 0.1) is 5.69 Å². The molecule has 0 fully saturated rings. The lowest BCUT2D eigenvalue weighted by molar-refractivity contribution is 1.30. The van der Waals surface area contributed by atoms with Crippen molar-refractivity contribution in [3.8, 4) is 0 Å². The molecule has 0 aliphatic carbocycles. The van der Waals surface area contributed by atoms with Crippen LogP contribution in [0.5, 0.6) is 0 Å². The van der Waals surface area contributed by atoms with Gasteiger partial charge < -0.3 is 4.90 Å². The van der Waals surface area contributed by atoms with Crippen molar-refractivity contribution in [1.29, 1.82) is 0 Å². The summed E-state index contributed by atoms with van der Waals surface area (Å²) in [5, 5.41) is 12.9. The smallest absolute Gasteiger partial charge is 0.0540 e. The Kier molecular flexibility index (Phi) is 5.13. The second-order valence-corrected chi connectivity index (χ2v) is 12.0. The first-order chi connectivity index (χ1) is 20.8. The summed E-state index contributed by atoms with van der Waals surface area (Å²) < 4.78 is 2.70. The molecule has 9 aromatic rings. The number of nitrogens with zero attached hydrogens (tertiary/aromatic N) is 1. The van der Waals surface area contributed by atoms with E-state index >= 15 is 0 Å². The fraction of sp³-hybridized carbons (Fsp3) is 0. The molecule has 9 rings (SSSR count). The standard InChI is InChI=1S/C40H25NS/c1-2-10-28(11-3-1)41(29-19-22-31-27(25-29)18-21-37-36-13-6-7-16-39(36)42-40(31)37)38-15-8-14-32-34-20-17-26-9-4-5-12-30(26)33(34)23-24-35(32)38/h1-25H. The Morgan fingerprint density at radius 3 is 1.93 bits per heavy atom. The van der Waals surface area contributed by atoms with Gasteiger partial charge in [-0.15, -0.1) is 11.3 Å². The van der Waals surface area contributed by atoms with Gasteiger partial charge >= 0.3 is 0 Å². The van der Waals surface area contributed by atoms with E-state index in [9.17, 15) is 0 Å². The van der Waals surface area contributed by atoms with Crippen molar-refractivity contribution < 1.29 is 0 Å². The predicted molar refractivity (Wildman–Crippen MR) is 184 cm³/mol. The Morgan fingerprint density at radius 2 is 1.00 bits per heavy atom. The summed E-state index contributed by atoms with van der Waals surface area (Å²) >= 11 is 1.89. The molecule has 1 heterocycles. The van der Waals surface area contributed by atoms with Crippen LogP contribution in [0.1, 0.15) is 0 Å². The Bertz CT molecular complexity index is 2470. The van der Waals surface area contributed by atoms with Crippen LogP contribution in [0.2, 0.25) is 0 Å². The van der Waals surface area contributed by atoms with Crippen molar-refractivity contribution in [2.45, 2.75) is 0 Å². The Morgan fingerprint density at radius 1 is 0.357 bits per heavy atom. The van der Waals surface area contributed by atoms with Crippen molar-refractivity contribution in [3.63, 3.8) is 0 Å². The van der Waals surface area contributed by atoms with Crippen LogP contribution < -0.4 is 4.90 Å². The number of benzene rings is 8. The van der Waals surface area contributed by atoms with Crippen molar-refractivity contribution >= 4 is 91.7 Å². The van der Waals surface area contributed by atoms with E-state index in [1.54, 1.807) is 0 Å². The van der Waals surface area contributed by atoms with E-state index < -0.39 is 0 Å². The molecule has 0 radical (unpaired) electrons. The molecule has 0 amide bonds. The van der Waals surface area contributed by atoms with E-state index in [4.69, 9.17) is 0 Å². The molecule has 196 valence electrons.